The van der Waals surface area contributed by atoms with E-state index in [1.165, 1.54) is 5.56 Å². The van der Waals surface area contributed by atoms with Crippen LogP contribution in [-0.4, -0.2) is 17.7 Å². The van der Waals surface area contributed by atoms with Gasteiger partial charge < -0.3 is 9.47 Å². The predicted molar refractivity (Wildman–Crippen MR) is 64.2 cm³/mol. The Morgan fingerprint density at radius 3 is 3.18 bits per heavy atom. The van der Waals surface area contributed by atoms with Crippen LogP contribution < -0.4 is 4.74 Å². The van der Waals surface area contributed by atoms with Crippen molar-refractivity contribution >= 4 is 10.9 Å². The van der Waals surface area contributed by atoms with E-state index in [0.717, 1.165) is 28.8 Å². The summed E-state index contributed by atoms with van der Waals surface area (Å²) in [4.78, 5) is 4.62. The molecule has 17 heavy (non-hydrogen) atoms. The second-order valence-electron chi connectivity index (χ2n) is 4.88. The number of pyridine rings is 1. The van der Waals surface area contributed by atoms with Gasteiger partial charge in [0.05, 0.1) is 18.2 Å². The topological polar surface area (TPSA) is 31.4 Å². The van der Waals surface area contributed by atoms with Gasteiger partial charge in [0.25, 0.3) is 0 Å². The largest absolute Gasteiger partial charge is 0.471 e. The molecule has 1 saturated heterocycles. The van der Waals surface area contributed by atoms with Crippen LogP contribution in [0, 0.1) is 6.92 Å². The van der Waals surface area contributed by atoms with Crippen molar-refractivity contribution in [1.29, 1.82) is 0 Å². The third-order valence-electron chi connectivity index (χ3n) is 3.55. The van der Waals surface area contributed by atoms with Crippen molar-refractivity contribution in [1.82, 2.24) is 4.98 Å². The molecule has 1 fully saturated rings. The average Bonchev–Trinajstić information content (AvgIpc) is 2.70. The number of rotatable bonds is 0. The lowest BCUT2D eigenvalue weighted by atomic mass is 10.0. The average molecular weight is 227 g/mol. The standard InChI is InChI=1S/C14H13NO2/c1-8-2-3-9-5-11-13-6-10(7-16-13)17-14(11)15-12(9)4-8/h2-5,10,13H,6-7H2,1H3/t10-,13-/m1/s1. The Balaban J connectivity index is 1.97. The summed E-state index contributed by atoms with van der Waals surface area (Å²) in [5.74, 6) is 0.766. The highest BCUT2D eigenvalue weighted by Gasteiger charge is 2.36. The zero-order chi connectivity index (χ0) is 11.4. The number of hydrogen-bond acceptors (Lipinski definition) is 3. The fraction of sp³-hybridized carbons (Fsp3) is 0.357. The summed E-state index contributed by atoms with van der Waals surface area (Å²) in [5.41, 5.74) is 3.33. The number of aryl methyl sites for hydroxylation is 1. The van der Waals surface area contributed by atoms with Gasteiger partial charge in [0, 0.05) is 17.4 Å². The summed E-state index contributed by atoms with van der Waals surface area (Å²) >= 11 is 0. The van der Waals surface area contributed by atoms with Crippen molar-refractivity contribution in [3.63, 3.8) is 0 Å². The summed E-state index contributed by atoms with van der Waals surface area (Å²) in [6.07, 6.45) is 1.34. The van der Waals surface area contributed by atoms with Crippen LogP contribution in [0.15, 0.2) is 24.3 Å². The van der Waals surface area contributed by atoms with Gasteiger partial charge >= 0.3 is 0 Å². The van der Waals surface area contributed by atoms with Crippen LogP contribution in [0.1, 0.15) is 23.7 Å². The van der Waals surface area contributed by atoms with E-state index >= 15 is 0 Å². The maximum Gasteiger partial charge on any atom is 0.220 e. The van der Waals surface area contributed by atoms with Crippen LogP contribution in [0.2, 0.25) is 0 Å². The van der Waals surface area contributed by atoms with Gasteiger partial charge in [-0.15, -0.1) is 0 Å². The first-order valence-electron chi connectivity index (χ1n) is 5.99. The van der Waals surface area contributed by atoms with Crippen LogP contribution >= 0.6 is 0 Å². The monoisotopic (exact) mass is 227 g/mol. The molecule has 3 nitrogen and oxygen atoms in total. The summed E-state index contributed by atoms with van der Waals surface area (Å²) in [7, 11) is 0. The van der Waals surface area contributed by atoms with Crippen LogP contribution in [0.4, 0.5) is 0 Å². The molecule has 2 atom stereocenters. The normalized spacial score (nSPS) is 25.7. The SMILES string of the molecule is Cc1ccc2cc3c(nc2c1)O[C@H]1CO[C@@H]3C1. The fourth-order valence-corrected chi connectivity index (χ4v) is 2.66. The van der Waals surface area contributed by atoms with E-state index in [2.05, 4.69) is 36.2 Å². The van der Waals surface area contributed by atoms with Crippen molar-refractivity contribution in [2.45, 2.75) is 25.6 Å². The highest BCUT2D eigenvalue weighted by atomic mass is 16.6. The van der Waals surface area contributed by atoms with Crippen molar-refractivity contribution in [2.24, 2.45) is 0 Å². The molecular weight excluding hydrogens is 214 g/mol. The second kappa shape index (κ2) is 3.20. The molecule has 3 heteroatoms. The molecule has 0 aliphatic carbocycles. The molecule has 2 aromatic rings. The highest BCUT2D eigenvalue weighted by molar-refractivity contribution is 5.81. The van der Waals surface area contributed by atoms with E-state index in [0.29, 0.717) is 6.61 Å². The lowest BCUT2D eigenvalue weighted by molar-refractivity contribution is 0.109. The molecule has 0 amide bonds. The highest BCUT2D eigenvalue weighted by Crippen LogP contribution is 2.41. The van der Waals surface area contributed by atoms with Crippen LogP contribution in [0.25, 0.3) is 10.9 Å². The molecule has 0 spiro atoms. The second-order valence-corrected chi connectivity index (χ2v) is 4.88. The first-order valence-corrected chi connectivity index (χ1v) is 5.99. The minimum absolute atomic E-state index is 0.182. The number of benzene rings is 1. The van der Waals surface area contributed by atoms with Crippen LogP contribution in [0.5, 0.6) is 5.88 Å². The molecule has 1 aromatic heterocycles. The smallest absolute Gasteiger partial charge is 0.220 e. The van der Waals surface area contributed by atoms with Crippen molar-refractivity contribution in [3.8, 4) is 5.88 Å². The van der Waals surface area contributed by atoms with Gasteiger partial charge in [0.2, 0.25) is 5.88 Å². The van der Waals surface area contributed by atoms with E-state index in [1.807, 2.05) is 0 Å². The number of fused-ring (bicyclic) bond motifs is 5. The summed E-state index contributed by atoms with van der Waals surface area (Å²) < 4.78 is 11.5. The van der Waals surface area contributed by atoms with Gasteiger partial charge in [0.1, 0.15) is 6.10 Å². The fourth-order valence-electron chi connectivity index (χ4n) is 2.66. The van der Waals surface area contributed by atoms with Crippen LogP contribution in [0.3, 0.4) is 0 Å². The molecule has 0 saturated carbocycles. The summed E-state index contributed by atoms with van der Waals surface area (Å²) in [6.45, 7) is 2.77. The van der Waals surface area contributed by atoms with Crippen molar-refractivity contribution < 1.29 is 9.47 Å². The summed E-state index contributed by atoms with van der Waals surface area (Å²) in [5, 5.41) is 1.16. The lowest BCUT2D eigenvalue weighted by Gasteiger charge is -2.21. The Morgan fingerprint density at radius 1 is 1.29 bits per heavy atom. The Labute approximate surface area is 99.4 Å². The quantitative estimate of drug-likeness (QED) is 0.693. The third-order valence-corrected chi connectivity index (χ3v) is 3.55. The Bertz CT molecular complexity index is 608. The molecule has 3 heterocycles. The molecular formula is C14H13NO2. The number of aromatic nitrogens is 1. The minimum atomic E-state index is 0.182. The van der Waals surface area contributed by atoms with Gasteiger partial charge in [-0.3, -0.25) is 0 Å². The predicted octanol–water partition coefficient (Wildman–Crippen LogP) is 2.77. The molecule has 86 valence electrons. The van der Waals surface area contributed by atoms with Crippen LogP contribution in [-0.2, 0) is 4.74 Å². The number of nitrogens with zero attached hydrogens (tertiary/aromatic N) is 1. The van der Waals surface area contributed by atoms with Gasteiger partial charge in [0.15, 0.2) is 0 Å². The van der Waals surface area contributed by atoms with E-state index in [4.69, 9.17) is 9.47 Å². The molecule has 4 rings (SSSR count). The van der Waals surface area contributed by atoms with E-state index < -0.39 is 0 Å². The zero-order valence-corrected chi connectivity index (χ0v) is 9.64. The summed E-state index contributed by atoms with van der Waals surface area (Å²) in [6, 6.07) is 8.47. The first kappa shape index (κ1) is 9.42. The van der Waals surface area contributed by atoms with Crippen molar-refractivity contribution in [2.75, 3.05) is 6.61 Å². The van der Waals surface area contributed by atoms with Crippen molar-refractivity contribution in [3.05, 3.63) is 35.4 Å². The maximum atomic E-state index is 5.83. The van der Waals surface area contributed by atoms with Gasteiger partial charge in [-0.1, -0.05) is 12.1 Å². The molecule has 2 aliphatic heterocycles. The zero-order valence-electron chi connectivity index (χ0n) is 9.64. The van der Waals surface area contributed by atoms with Gasteiger partial charge in [-0.2, -0.15) is 0 Å². The van der Waals surface area contributed by atoms with E-state index in [1.54, 1.807) is 0 Å². The maximum absolute atomic E-state index is 5.83. The molecule has 0 unspecified atom stereocenters. The molecule has 0 radical (unpaired) electrons. The molecule has 0 N–H and O–H groups in total. The Kier molecular flexibility index (Phi) is 1.77. The molecule has 1 aromatic carbocycles. The Morgan fingerprint density at radius 2 is 2.24 bits per heavy atom. The van der Waals surface area contributed by atoms with E-state index in [9.17, 15) is 0 Å². The minimum Gasteiger partial charge on any atom is -0.471 e. The third kappa shape index (κ3) is 1.35. The van der Waals surface area contributed by atoms with Gasteiger partial charge in [-0.25, -0.2) is 4.98 Å². The molecule has 2 aliphatic rings. The Hall–Kier alpha value is -1.61. The number of ether oxygens (including phenoxy) is 2. The first-order chi connectivity index (χ1) is 8.29. The van der Waals surface area contributed by atoms with E-state index in [-0.39, 0.29) is 12.2 Å². The molecule has 2 bridgehead atoms. The lowest BCUT2D eigenvalue weighted by Crippen LogP contribution is -2.20. The number of hydrogen-bond donors (Lipinski definition) is 0. The van der Waals surface area contributed by atoms with Gasteiger partial charge in [-0.05, 0) is 24.6 Å².